The van der Waals surface area contributed by atoms with Crippen LogP contribution >= 0.6 is 15.9 Å². The molecule has 102 valence electrons. The molecule has 0 N–H and O–H groups in total. The second kappa shape index (κ2) is 5.69. The van der Waals surface area contributed by atoms with Crippen LogP contribution in [-0.2, 0) is 13.1 Å². The Morgan fingerprint density at radius 3 is 2.79 bits per heavy atom. The van der Waals surface area contributed by atoms with E-state index < -0.39 is 0 Å². The lowest BCUT2D eigenvalue weighted by molar-refractivity contribution is 0.600. The molecule has 0 aliphatic rings. The maximum absolute atomic E-state index is 12.0. The van der Waals surface area contributed by atoms with Crippen molar-refractivity contribution < 1.29 is 0 Å². The molecule has 0 atom stereocenters. The van der Waals surface area contributed by atoms with Crippen LogP contribution in [0.25, 0.3) is 0 Å². The van der Waals surface area contributed by atoms with Gasteiger partial charge >= 0.3 is 5.69 Å². The van der Waals surface area contributed by atoms with Crippen molar-refractivity contribution in [1.82, 2.24) is 19.1 Å². The van der Waals surface area contributed by atoms with Crippen LogP contribution in [0.15, 0.2) is 21.8 Å². The van der Waals surface area contributed by atoms with Crippen molar-refractivity contribution in [3.05, 3.63) is 44.6 Å². The molecule has 0 fully saturated rings. The van der Waals surface area contributed by atoms with E-state index >= 15 is 0 Å². The summed E-state index contributed by atoms with van der Waals surface area (Å²) >= 11 is 3.47. The molecule has 0 radical (unpaired) electrons. The minimum atomic E-state index is -0.220. The van der Waals surface area contributed by atoms with Crippen molar-refractivity contribution in [2.24, 2.45) is 0 Å². The van der Waals surface area contributed by atoms with Gasteiger partial charge in [-0.25, -0.2) is 9.78 Å². The molecule has 6 heteroatoms. The first kappa shape index (κ1) is 14.0. The molecular weight excluding hydrogens is 308 g/mol. The molecule has 2 aromatic rings. The van der Waals surface area contributed by atoms with E-state index in [0.717, 1.165) is 34.5 Å². The lowest BCUT2D eigenvalue weighted by Gasteiger charge is -2.13. The Hall–Kier alpha value is -1.43. The Balaban J connectivity index is 2.41. The molecular formula is C13H17BrN4O. The number of aryl methyl sites for hydroxylation is 2. The highest BCUT2D eigenvalue weighted by atomic mass is 79.9. The highest BCUT2D eigenvalue weighted by Gasteiger charge is 2.11. The van der Waals surface area contributed by atoms with Crippen LogP contribution < -0.4 is 5.69 Å². The third-order valence-electron chi connectivity index (χ3n) is 3.12. The fourth-order valence-electron chi connectivity index (χ4n) is 2.05. The van der Waals surface area contributed by atoms with Crippen molar-refractivity contribution in [3.63, 3.8) is 0 Å². The number of aromatic nitrogens is 4. The zero-order valence-corrected chi connectivity index (χ0v) is 12.9. The number of hydrogen-bond donors (Lipinski definition) is 0. The predicted octanol–water partition coefficient (Wildman–Crippen LogP) is 2.28. The second-order valence-corrected chi connectivity index (χ2v) is 5.34. The predicted molar refractivity (Wildman–Crippen MR) is 77.3 cm³/mol. The van der Waals surface area contributed by atoms with E-state index in [2.05, 4.69) is 37.4 Å². The third-order valence-corrected chi connectivity index (χ3v) is 4.27. The summed E-state index contributed by atoms with van der Waals surface area (Å²) in [6.45, 7) is 7.26. The summed E-state index contributed by atoms with van der Waals surface area (Å²) in [5.41, 5.74) is 2.41. The van der Waals surface area contributed by atoms with Crippen molar-refractivity contribution >= 4 is 15.9 Å². The van der Waals surface area contributed by atoms with Gasteiger partial charge in [0.25, 0.3) is 0 Å². The highest BCUT2D eigenvalue weighted by Crippen LogP contribution is 2.17. The SMILES string of the molecule is CCCn1cncc1Cn1c(C)c(Br)c(C)nc1=O. The van der Waals surface area contributed by atoms with E-state index in [0.29, 0.717) is 6.54 Å². The molecule has 2 rings (SSSR count). The zero-order valence-electron chi connectivity index (χ0n) is 11.4. The number of hydrogen-bond acceptors (Lipinski definition) is 3. The molecule has 0 saturated heterocycles. The Labute approximate surface area is 120 Å². The average Bonchev–Trinajstić information content (AvgIpc) is 2.80. The van der Waals surface area contributed by atoms with E-state index in [1.165, 1.54) is 0 Å². The van der Waals surface area contributed by atoms with Crippen LogP contribution in [0.3, 0.4) is 0 Å². The summed E-state index contributed by atoms with van der Waals surface area (Å²) in [7, 11) is 0. The monoisotopic (exact) mass is 324 g/mol. The molecule has 0 amide bonds. The van der Waals surface area contributed by atoms with Crippen molar-refractivity contribution in [3.8, 4) is 0 Å². The van der Waals surface area contributed by atoms with Gasteiger partial charge in [-0.05, 0) is 36.2 Å². The molecule has 0 saturated carbocycles. The Morgan fingerprint density at radius 1 is 1.37 bits per heavy atom. The summed E-state index contributed by atoms with van der Waals surface area (Å²) in [6.07, 6.45) is 4.64. The normalized spacial score (nSPS) is 10.9. The molecule has 2 heterocycles. The lowest BCUT2D eigenvalue weighted by Crippen LogP contribution is -2.27. The van der Waals surface area contributed by atoms with Gasteiger partial charge in [0.05, 0.1) is 28.7 Å². The van der Waals surface area contributed by atoms with Crippen LogP contribution in [0, 0.1) is 13.8 Å². The molecule has 0 unspecified atom stereocenters. The number of halogens is 1. The van der Waals surface area contributed by atoms with Gasteiger partial charge in [0.1, 0.15) is 0 Å². The van der Waals surface area contributed by atoms with Gasteiger partial charge in [0, 0.05) is 18.4 Å². The van der Waals surface area contributed by atoms with Gasteiger partial charge in [-0.1, -0.05) is 6.92 Å². The van der Waals surface area contributed by atoms with Crippen LogP contribution in [0.2, 0.25) is 0 Å². The molecule has 19 heavy (non-hydrogen) atoms. The van der Waals surface area contributed by atoms with Gasteiger partial charge < -0.3 is 4.57 Å². The summed E-state index contributed by atoms with van der Waals surface area (Å²) in [4.78, 5) is 20.2. The summed E-state index contributed by atoms with van der Waals surface area (Å²) in [5, 5.41) is 0. The molecule has 0 bridgehead atoms. The van der Waals surface area contributed by atoms with Gasteiger partial charge in [-0.3, -0.25) is 4.57 Å². The van der Waals surface area contributed by atoms with Crippen molar-refractivity contribution in [2.75, 3.05) is 0 Å². The smallest absolute Gasteiger partial charge is 0.333 e. The molecule has 5 nitrogen and oxygen atoms in total. The lowest BCUT2D eigenvalue weighted by atomic mass is 10.3. The van der Waals surface area contributed by atoms with Crippen molar-refractivity contribution in [2.45, 2.75) is 40.3 Å². The van der Waals surface area contributed by atoms with Gasteiger partial charge in [0.2, 0.25) is 0 Å². The first-order valence-electron chi connectivity index (χ1n) is 6.27. The fraction of sp³-hybridized carbons (Fsp3) is 0.462. The minimum Gasteiger partial charge on any atom is -0.333 e. The zero-order chi connectivity index (χ0) is 14.0. The Bertz CT molecular complexity index is 645. The highest BCUT2D eigenvalue weighted by molar-refractivity contribution is 9.10. The first-order valence-corrected chi connectivity index (χ1v) is 7.06. The summed E-state index contributed by atoms with van der Waals surface area (Å²) in [5.74, 6) is 0. The quantitative estimate of drug-likeness (QED) is 0.867. The van der Waals surface area contributed by atoms with Gasteiger partial charge in [0.15, 0.2) is 0 Å². The standard InChI is InChI=1S/C13H17BrN4O/c1-4-5-17-8-15-6-11(17)7-18-10(3)12(14)9(2)16-13(18)19/h6,8H,4-5,7H2,1-3H3. The van der Waals surface area contributed by atoms with Gasteiger partial charge in [-0.15, -0.1) is 0 Å². The third kappa shape index (κ3) is 2.78. The Kier molecular flexibility index (Phi) is 4.19. The van der Waals surface area contributed by atoms with E-state index in [-0.39, 0.29) is 5.69 Å². The van der Waals surface area contributed by atoms with Crippen LogP contribution in [0.5, 0.6) is 0 Å². The second-order valence-electron chi connectivity index (χ2n) is 4.54. The number of rotatable bonds is 4. The number of nitrogens with zero attached hydrogens (tertiary/aromatic N) is 4. The largest absolute Gasteiger partial charge is 0.348 e. The average molecular weight is 325 g/mol. The topological polar surface area (TPSA) is 52.7 Å². The molecule has 0 aliphatic heterocycles. The summed E-state index contributed by atoms with van der Waals surface area (Å²) < 4.78 is 4.62. The Morgan fingerprint density at radius 2 is 2.11 bits per heavy atom. The number of imidazole rings is 1. The molecule has 2 aromatic heterocycles. The van der Waals surface area contributed by atoms with Crippen LogP contribution in [0.1, 0.15) is 30.4 Å². The maximum atomic E-state index is 12.0. The van der Waals surface area contributed by atoms with E-state index in [4.69, 9.17) is 0 Å². The van der Waals surface area contributed by atoms with E-state index in [9.17, 15) is 4.79 Å². The maximum Gasteiger partial charge on any atom is 0.348 e. The molecule has 0 aromatic carbocycles. The van der Waals surface area contributed by atoms with Crippen LogP contribution in [-0.4, -0.2) is 19.1 Å². The van der Waals surface area contributed by atoms with E-state index in [1.807, 2.05) is 13.8 Å². The fourth-order valence-corrected chi connectivity index (χ4v) is 2.35. The van der Waals surface area contributed by atoms with Crippen LogP contribution in [0.4, 0.5) is 0 Å². The van der Waals surface area contributed by atoms with E-state index in [1.54, 1.807) is 17.1 Å². The molecule has 0 aliphatic carbocycles. The minimum absolute atomic E-state index is 0.220. The molecule has 0 spiro atoms. The van der Waals surface area contributed by atoms with Crippen molar-refractivity contribution in [1.29, 1.82) is 0 Å². The van der Waals surface area contributed by atoms with Gasteiger partial charge in [-0.2, -0.15) is 4.98 Å². The summed E-state index contributed by atoms with van der Waals surface area (Å²) in [6, 6.07) is 0. The first-order chi connectivity index (χ1) is 9.04.